The Morgan fingerprint density at radius 3 is 2.72 bits per heavy atom. The van der Waals surface area contributed by atoms with Gasteiger partial charge in [-0.2, -0.15) is 4.98 Å². The molecule has 2 aromatic heterocycles. The fraction of sp³-hybridized carbons (Fsp3) is 0.400. The molecule has 5 rings (SSSR count). The third kappa shape index (κ3) is 5.14. The summed E-state index contributed by atoms with van der Waals surface area (Å²) in [5.74, 6) is -1.10. The fourth-order valence-corrected chi connectivity index (χ4v) is 5.07. The summed E-state index contributed by atoms with van der Waals surface area (Å²) < 4.78 is 61.1. The lowest BCUT2D eigenvalue weighted by Crippen LogP contribution is -2.63. The van der Waals surface area contributed by atoms with Gasteiger partial charge in [-0.1, -0.05) is 0 Å². The number of hydrogen-bond donors (Lipinski definition) is 4. The van der Waals surface area contributed by atoms with Crippen LogP contribution in [0, 0.1) is 11.6 Å². The number of piperidine rings is 1. The summed E-state index contributed by atoms with van der Waals surface area (Å²) in [5.41, 5.74) is 15.7. The maximum atomic E-state index is 14.9. The van der Waals surface area contributed by atoms with E-state index in [4.69, 9.17) is 16.2 Å². The number of ether oxygens (including phenoxy) is 1. The predicted octanol–water partition coefficient (Wildman–Crippen LogP) is 2.36. The average molecular weight is 549 g/mol. The minimum Gasteiger partial charge on any atom is -0.494 e. The molecule has 1 aromatic carbocycles. The molecule has 10 nitrogen and oxygen atoms in total. The molecule has 2 aliphatic rings. The summed E-state index contributed by atoms with van der Waals surface area (Å²) in [7, 11) is 1.24. The molecule has 0 saturated carbocycles. The number of anilines is 3. The first kappa shape index (κ1) is 26.8. The number of aromatic nitrogens is 3. The van der Waals surface area contributed by atoms with Crippen molar-refractivity contribution in [1.29, 1.82) is 0 Å². The van der Waals surface area contributed by atoms with E-state index in [1.807, 2.05) is 0 Å². The van der Waals surface area contributed by atoms with Gasteiger partial charge >= 0.3 is 0 Å². The fourth-order valence-electron chi connectivity index (χ4n) is 5.07. The van der Waals surface area contributed by atoms with Gasteiger partial charge in [0.1, 0.15) is 11.9 Å². The number of nitrogens with zero attached hydrogens (tertiary/aromatic N) is 5. The van der Waals surface area contributed by atoms with Crippen LogP contribution in [0.4, 0.5) is 35.0 Å². The molecule has 208 valence electrons. The van der Waals surface area contributed by atoms with Gasteiger partial charge in [0, 0.05) is 48.6 Å². The van der Waals surface area contributed by atoms with Crippen LogP contribution in [-0.2, 0) is 13.1 Å². The van der Waals surface area contributed by atoms with Crippen LogP contribution in [0.5, 0.6) is 5.75 Å². The zero-order valence-electron chi connectivity index (χ0n) is 21.0. The quantitative estimate of drug-likeness (QED) is 0.326. The second kappa shape index (κ2) is 10.4. The normalized spacial score (nSPS) is 19.9. The van der Waals surface area contributed by atoms with Crippen LogP contribution in [-0.4, -0.2) is 58.3 Å². The number of aliphatic hydroxyl groups excluding tert-OH is 1. The molecule has 1 saturated heterocycles. The Bertz CT molecular complexity index is 1380. The first-order valence-corrected chi connectivity index (χ1v) is 12.2. The molecule has 0 spiro atoms. The number of nitrogen functional groups attached to an aromatic ring is 1. The van der Waals surface area contributed by atoms with Crippen molar-refractivity contribution in [3.8, 4) is 17.0 Å². The number of nitrogens with one attached hydrogen (secondary N) is 1. The van der Waals surface area contributed by atoms with Crippen molar-refractivity contribution >= 4 is 17.5 Å². The predicted molar refractivity (Wildman–Crippen MR) is 136 cm³/mol. The Kier molecular flexibility index (Phi) is 7.18. The van der Waals surface area contributed by atoms with E-state index in [-0.39, 0.29) is 42.5 Å². The molecule has 14 heteroatoms. The Morgan fingerprint density at radius 2 is 1.97 bits per heavy atom. The first-order chi connectivity index (χ1) is 18.6. The number of pyridine rings is 1. The van der Waals surface area contributed by atoms with Gasteiger partial charge in [0.25, 0.3) is 6.43 Å². The Balaban J connectivity index is 1.56. The maximum absolute atomic E-state index is 14.9. The molecule has 2 atom stereocenters. The molecular weight excluding hydrogens is 520 g/mol. The van der Waals surface area contributed by atoms with Crippen molar-refractivity contribution in [1.82, 2.24) is 20.4 Å². The Labute approximate surface area is 221 Å². The van der Waals surface area contributed by atoms with E-state index in [0.717, 1.165) is 17.7 Å². The van der Waals surface area contributed by atoms with Crippen LogP contribution in [0.15, 0.2) is 30.6 Å². The van der Waals surface area contributed by atoms with Gasteiger partial charge < -0.3 is 26.2 Å². The van der Waals surface area contributed by atoms with Crippen molar-refractivity contribution in [3.05, 3.63) is 53.4 Å². The van der Waals surface area contributed by atoms with Crippen molar-refractivity contribution in [2.75, 3.05) is 35.8 Å². The third-order valence-corrected chi connectivity index (χ3v) is 7.11. The van der Waals surface area contributed by atoms with Gasteiger partial charge in [-0.25, -0.2) is 28.0 Å². The zero-order chi connectivity index (χ0) is 27.9. The molecule has 1 fully saturated rings. The second-order valence-corrected chi connectivity index (χ2v) is 9.70. The number of benzene rings is 1. The number of hydrazine groups is 1. The number of alkyl halides is 2. The number of aliphatic hydroxyl groups is 1. The SMILES string of the molecule is COc1cc(F)c(-c2cc(CN3NCc4cnc(N)nc43)c(N3CCC[C@](N)([C@H](O)C(F)F)C3)cn2)cc1F. The lowest BCUT2D eigenvalue weighted by atomic mass is 9.84. The summed E-state index contributed by atoms with van der Waals surface area (Å²) >= 11 is 0. The van der Waals surface area contributed by atoms with Crippen LogP contribution in [0.2, 0.25) is 0 Å². The Hall–Kier alpha value is -3.75. The van der Waals surface area contributed by atoms with E-state index in [1.165, 1.54) is 13.3 Å². The van der Waals surface area contributed by atoms with Crippen LogP contribution < -0.4 is 31.5 Å². The van der Waals surface area contributed by atoms with Crippen LogP contribution in [0.1, 0.15) is 24.0 Å². The standard InChI is InChI=1S/C25H28F4N8O2/c1-39-20-7-16(26)15(6-17(20)27)18-5-13(11-37-23-14(9-34-37)8-33-24(30)35-23)19(10-32-18)36-4-2-3-25(31,12-36)21(38)22(28)29/h5-8,10,21-22,34,38H,2-4,9,11-12,31H2,1H3,(H2,30,33,35)/t21-,25-/m1/s1. The van der Waals surface area contributed by atoms with Crippen molar-refractivity contribution in [3.63, 3.8) is 0 Å². The summed E-state index contributed by atoms with van der Waals surface area (Å²) in [6.45, 7) is 1.03. The van der Waals surface area contributed by atoms with Gasteiger partial charge in [0.15, 0.2) is 17.4 Å². The second-order valence-electron chi connectivity index (χ2n) is 9.70. The third-order valence-electron chi connectivity index (χ3n) is 7.11. The molecule has 0 amide bonds. The monoisotopic (exact) mass is 548 g/mol. The topological polar surface area (TPSA) is 139 Å². The van der Waals surface area contributed by atoms with E-state index in [2.05, 4.69) is 20.4 Å². The van der Waals surface area contributed by atoms with Gasteiger partial charge in [-0.15, -0.1) is 0 Å². The highest BCUT2D eigenvalue weighted by Crippen LogP contribution is 2.35. The highest BCUT2D eigenvalue weighted by Gasteiger charge is 2.43. The molecule has 0 bridgehead atoms. The molecular formula is C25H28F4N8O2. The van der Waals surface area contributed by atoms with E-state index < -0.39 is 29.7 Å². The first-order valence-electron chi connectivity index (χ1n) is 12.2. The lowest BCUT2D eigenvalue weighted by molar-refractivity contribution is -0.0529. The zero-order valence-corrected chi connectivity index (χ0v) is 21.0. The number of methoxy groups -OCH3 is 1. The summed E-state index contributed by atoms with van der Waals surface area (Å²) in [5, 5.41) is 11.9. The van der Waals surface area contributed by atoms with E-state index >= 15 is 0 Å². The number of hydrogen-bond acceptors (Lipinski definition) is 10. The highest BCUT2D eigenvalue weighted by atomic mass is 19.3. The average Bonchev–Trinajstić information content (AvgIpc) is 3.30. The highest BCUT2D eigenvalue weighted by molar-refractivity contribution is 5.67. The largest absolute Gasteiger partial charge is 0.494 e. The molecule has 0 aliphatic carbocycles. The molecule has 0 unspecified atom stereocenters. The lowest BCUT2D eigenvalue weighted by Gasteiger charge is -2.44. The van der Waals surface area contributed by atoms with Gasteiger partial charge in [0.05, 0.1) is 36.8 Å². The van der Waals surface area contributed by atoms with Crippen molar-refractivity contribution < 1.29 is 27.4 Å². The summed E-state index contributed by atoms with van der Waals surface area (Å²) in [6, 6.07) is 3.54. The Morgan fingerprint density at radius 1 is 1.18 bits per heavy atom. The number of nitrogens with two attached hydrogens (primary N) is 2. The molecule has 2 aliphatic heterocycles. The number of rotatable bonds is 7. The molecule has 39 heavy (non-hydrogen) atoms. The molecule has 3 aromatic rings. The maximum Gasteiger partial charge on any atom is 0.265 e. The number of fused-ring (bicyclic) bond motifs is 1. The van der Waals surface area contributed by atoms with Gasteiger partial charge in [-0.05, 0) is 25.0 Å². The minimum atomic E-state index is -3.00. The van der Waals surface area contributed by atoms with Gasteiger partial charge in [0.2, 0.25) is 5.95 Å². The molecule has 0 radical (unpaired) electrons. The van der Waals surface area contributed by atoms with E-state index in [0.29, 0.717) is 36.6 Å². The van der Waals surface area contributed by atoms with Crippen molar-refractivity contribution in [2.24, 2.45) is 5.73 Å². The molecule has 6 N–H and O–H groups in total. The number of halogens is 4. The van der Waals surface area contributed by atoms with Crippen LogP contribution in [0.25, 0.3) is 11.3 Å². The smallest absolute Gasteiger partial charge is 0.265 e. The summed E-state index contributed by atoms with van der Waals surface area (Å²) in [4.78, 5) is 14.5. The van der Waals surface area contributed by atoms with Gasteiger partial charge in [-0.3, -0.25) is 9.99 Å². The van der Waals surface area contributed by atoms with E-state index in [1.54, 1.807) is 22.2 Å². The van der Waals surface area contributed by atoms with E-state index in [9.17, 15) is 22.7 Å². The minimum absolute atomic E-state index is 0.0583. The summed E-state index contributed by atoms with van der Waals surface area (Å²) in [6.07, 6.45) is -1.27. The van der Waals surface area contributed by atoms with Crippen molar-refractivity contribution in [2.45, 2.75) is 44.0 Å². The molecule has 4 heterocycles. The van der Waals surface area contributed by atoms with Crippen LogP contribution in [0.3, 0.4) is 0 Å². The van der Waals surface area contributed by atoms with Crippen LogP contribution >= 0.6 is 0 Å².